The van der Waals surface area contributed by atoms with E-state index in [9.17, 15) is 4.79 Å². The number of nitrogens with one attached hydrogen (secondary N) is 1. The minimum absolute atomic E-state index is 0.190. The third-order valence-electron chi connectivity index (χ3n) is 4.82. The molecular formula is C23H17N3O3. The molecule has 3 N–H and O–H groups in total. The van der Waals surface area contributed by atoms with Gasteiger partial charge in [0.2, 0.25) is 0 Å². The van der Waals surface area contributed by atoms with E-state index in [1.54, 1.807) is 30.0 Å². The molecular weight excluding hydrogens is 366 g/mol. The number of aliphatic hydroxyl groups is 1. The van der Waals surface area contributed by atoms with Crippen molar-refractivity contribution in [3.05, 3.63) is 59.9 Å². The van der Waals surface area contributed by atoms with Crippen LogP contribution in [0.3, 0.4) is 0 Å². The number of fused-ring (bicyclic) bond motifs is 1. The Balaban J connectivity index is 1.59. The summed E-state index contributed by atoms with van der Waals surface area (Å²) >= 11 is 0. The van der Waals surface area contributed by atoms with Crippen molar-refractivity contribution in [1.82, 2.24) is 15.4 Å². The largest absolute Gasteiger partial charge is 0.396 e. The summed E-state index contributed by atoms with van der Waals surface area (Å²) in [6.07, 6.45) is 4.09. The van der Waals surface area contributed by atoms with Crippen molar-refractivity contribution >= 4 is 16.8 Å². The lowest BCUT2D eigenvalue weighted by molar-refractivity contribution is 0.0708. The first kappa shape index (κ1) is 18.6. The van der Waals surface area contributed by atoms with Crippen LogP contribution >= 0.6 is 0 Å². The van der Waals surface area contributed by atoms with Gasteiger partial charge in [0, 0.05) is 41.4 Å². The Bertz CT molecular complexity index is 1200. The standard InChI is InChI=1S/C23H17N3O3/c27-14-18-11-17(18)4-2-1-3-15-5-7-16(8-6-15)22-12-19(23(28)26-29)20-13-24-10-9-21(20)25-22/h5-10,12-13,17-18,27,29H,11,14H2,(H,26,28)/t17-,18?/m1/s1. The van der Waals surface area contributed by atoms with Crippen LogP contribution in [-0.2, 0) is 0 Å². The lowest BCUT2D eigenvalue weighted by atomic mass is 10.0. The van der Waals surface area contributed by atoms with E-state index in [1.807, 2.05) is 24.3 Å². The Labute approximate surface area is 167 Å². The van der Waals surface area contributed by atoms with Crippen molar-refractivity contribution < 1.29 is 15.1 Å². The number of hydroxylamine groups is 1. The van der Waals surface area contributed by atoms with Gasteiger partial charge in [0.05, 0.1) is 16.8 Å². The summed E-state index contributed by atoms with van der Waals surface area (Å²) in [5.74, 6) is 11.7. The molecule has 0 radical (unpaired) electrons. The number of aliphatic hydroxyl groups excluding tert-OH is 1. The number of amides is 1. The topological polar surface area (TPSA) is 95.3 Å². The minimum Gasteiger partial charge on any atom is -0.396 e. The molecule has 0 saturated heterocycles. The second-order valence-electron chi connectivity index (χ2n) is 6.77. The van der Waals surface area contributed by atoms with Gasteiger partial charge in [-0.15, -0.1) is 0 Å². The number of hydrogen-bond donors (Lipinski definition) is 3. The normalized spacial score (nSPS) is 16.9. The predicted octanol–water partition coefficient (Wildman–Crippen LogP) is 2.40. The molecule has 4 rings (SSSR count). The Kier molecular flexibility index (Phi) is 5.22. The minimum atomic E-state index is -0.619. The van der Waals surface area contributed by atoms with Crippen LogP contribution in [0.25, 0.3) is 22.2 Å². The SMILES string of the molecule is O=C(NO)c1cc(-c2ccc(C#CC#C[C@@H]3CC3CO)cc2)nc2ccncc12. The second kappa shape index (κ2) is 8.12. The van der Waals surface area contributed by atoms with E-state index in [4.69, 9.17) is 10.3 Å². The zero-order valence-electron chi connectivity index (χ0n) is 15.4. The third kappa shape index (κ3) is 4.09. The predicted molar refractivity (Wildman–Crippen MR) is 108 cm³/mol. The first-order valence-electron chi connectivity index (χ1n) is 9.11. The quantitative estimate of drug-likeness (QED) is 0.367. The molecule has 0 aliphatic heterocycles. The highest BCUT2D eigenvalue weighted by atomic mass is 16.5. The number of nitrogens with zero attached hydrogens (tertiary/aromatic N) is 2. The molecule has 29 heavy (non-hydrogen) atoms. The van der Waals surface area contributed by atoms with E-state index in [0.29, 0.717) is 28.1 Å². The van der Waals surface area contributed by atoms with E-state index in [-0.39, 0.29) is 12.5 Å². The average Bonchev–Trinajstić information content (AvgIpc) is 3.54. The lowest BCUT2D eigenvalue weighted by Crippen LogP contribution is -2.19. The Morgan fingerprint density at radius 3 is 2.76 bits per heavy atom. The summed E-state index contributed by atoms with van der Waals surface area (Å²) < 4.78 is 0. The molecule has 3 aromatic rings. The summed E-state index contributed by atoms with van der Waals surface area (Å²) in [4.78, 5) is 20.7. The first-order valence-corrected chi connectivity index (χ1v) is 9.11. The molecule has 1 aliphatic rings. The highest BCUT2D eigenvalue weighted by molar-refractivity contribution is 6.06. The van der Waals surface area contributed by atoms with E-state index < -0.39 is 5.91 Å². The number of pyridine rings is 2. The summed E-state index contributed by atoms with van der Waals surface area (Å²) in [5, 5.41) is 18.6. The maximum absolute atomic E-state index is 12.0. The van der Waals surface area contributed by atoms with Gasteiger partial charge in [-0.3, -0.25) is 15.0 Å². The number of rotatable bonds is 3. The number of benzene rings is 1. The molecule has 1 unspecified atom stereocenters. The van der Waals surface area contributed by atoms with Gasteiger partial charge in [-0.2, -0.15) is 0 Å². The van der Waals surface area contributed by atoms with Crippen molar-refractivity contribution in [3.63, 3.8) is 0 Å². The van der Waals surface area contributed by atoms with Gasteiger partial charge < -0.3 is 5.11 Å². The zero-order chi connectivity index (χ0) is 20.2. The molecule has 1 amide bonds. The van der Waals surface area contributed by atoms with Crippen LogP contribution in [0.1, 0.15) is 22.3 Å². The van der Waals surface area contributed by atoms with Crippen molar-refractivity contribution in [3.8, 4) is 34.9 Å². The second-order valence-corrected chi connectivity index (χ2v) is 6.77. The number of carbonyl (C=O) groups is 1. The fourth-order valence-electron chi connectivity index (χ4n) is 3.05. The molecule has 6 nitrogen and oxygen atoms in total. The highest BCUT2D eigenvalue weighted by Crippen LogP contribution is 2.36. The maximum Gasteiger partial charge on any atom is 0.275 e. The molecule has 1 fully saturated rings. The number of aromatic nitrogens is 2. The van der Waals surface area contributed by atoms with Gasteiger partial charge in [0.15, 0.2) is 0 Å². The molecule has 0 spiro atoms. The van der Waals surface area contributed by atoms with E-state index in [1.165, 1.54) is 0 Å². The van der Waals surface area contributed by atoms with Gasteiger partial charge >= 0.3 is 0 Å². The van der Waals surface area contributed by atoms with E-state index in [0.717, 1.165) is 17.5 Å². The molecule has 1 aromatic carbocycles. The maximum atomic E-state index is 12.0. The molecule has 1 aliphatic carbocycles. The van der Waals surface area contributed by atoms with Crippen molar-refractivity contribution in [2.24, 2.45) is 11.8 Å². The number of carbonyl (C=O) groups excluding carboxylic acids is 1. The van der Waals surface area contributed by atoms with Crippen LogP contribution in [0.5, 0.6) is 0 Å². The first-order chi connectivity index (χ1) is 14.2. The Morgan fingerprint density at radius 1 is 1.21 bits per heavy atom. The summed E-state index contributed by atoms with van der Waals surface area (Å²) in [7, 11) is 0. The van der Waals surface area contributed by atoms with Gasteiger partial charge in [-0.25, -0.2) is 10.5 Å². The number of hydrogen-bond acceptors (Lipinski definition) is 5. The molecule has 2 atom stereocenters. The van der Waals surface area contributed by atoms with Gasteiger partial charge in [0.1, 0.15) is 0 Å². The average molecular weight is 383 g/mol. The van der Waals surface area contributed by atoms with Crippen LogP contribution in [0, 0.1) is 35.5 Å². The van der Waals surface area contributed by atoms with Crippen LogP contribution in [-0.4, -0.2) is 32.8 Å². The van der Waals surface area contributed by atoms with E-state index in [2.05, 4.69) is 33.6 Å². The van der Waals surface area contributed by atoms with Gasteiger partial charge in [-0.05, 0) is 48.4 Å². The Morgan fingerprint density at radius 2 is 2.03 bits per heavy atom. The smallest absolute Gasteiger partial charge is 0.275 e. The van der Waals surface area contributed by atoms with Crippen LogP contribution in [0.15, 0.2) is 48.8 Å². The van der Waals surface area contributed by atoms with Crippen LogP contribution in [0.4, 0.5) is 0 Å². The molecule has 0 bridgehead atoms. The van der Waals surface area contributed by atoms with Gasteiger partial charge in [0.25, 0.3) is 5.91 Å². The van der Waals surface area contributed by atoms with Gasteiger partial charge in [-0.1, -0.05) is 24.0 Å². The summed E-state index contributed by atoms with van der Waals surface area (Å²) in [6.45, 7) is 0.190. The third-order valence-corrected chi connectivity index (χ3v) is 4.82. The summed E-state index contributed by atoms with van der Waals surface area (Å²) in [6, 6.07) is 10.8. The van der Waals surface area contributed by atoms with Crippen LogP contribution < -0.4 is 5.48 Å². The molecule has 6 heteroatoms. The van der Waals surface area contributed by atoms with Crippen molar-refractivity contribution in [2.75, 3.05) is 6.61 Å². The fourth-order valence-corrected chi connectivity index (χ4v) is 3.05. The summed E-state index contributed by atoms with van der Waals surface area (Å²) in [5.41, 5.74) is 4.80. The lowest BCUT2D eigenvalue weighted by Gasteiger charge is -2.08. The fraction of sp³-hybridized carbons (Fsp3) is 0.174. The van der Waals surface area contributed by atoms with Crippen LogP contribution in [0.2, 0.25) is 0 Å². The molecule has 142 valence electrons. The monoisotopic (exact) mass is 383 g/mol. The highest BCUT2D eigenvalue weighted by Gasteiger charge is 2.34. The Hall–Kier alpha value is -3.71. The van der Waals surface area contributed by atoms with E-state index >= 15 is 0 Å². The molecule has 2 heterocycles. The van der Waals surface area contributed by atoms with Crippen molar-refractivity contribution in [2.45, 2.75) is 6.42 Å². The molecule has 1 saturated carbocycles. The zero-order valence-corrected chi connectivity index (χ0v) is 15.4. The molecule has 2 aromatic heterocycles. The van der Waals surface area contributed by atoms with Crippen molar-refractivity contribution in [1.29, 1.82) is 0 Å².